The third kappa shape index (κ3) is 4.73. The zero-order valence-corrected chi connectivity index (χ0v) is 20.3. The lowest BCUT2D eigenvalue weighted by Crippen LogP contribution is -2.30. The molecule has 0 spiro atoms. The van der Waals surface area contributed by atoms with Crippen LogP contribution in [0.5, 0.6) is 0 Å². The lowest BCUT2D eigenvalue weighted by molar-refractivity contribution is 0.445. The smallest absolute Gasteiger partial charge is 0.243 e. The second-order valence-electron chi connectivity index (χ2n) is 7.31. The second kappa shape index (κ2) is 9.90. The highest BCUT2D eigenvalue weighted by atomic mass is 32.2. The molecular weight excluding hydrogens is 456 g/mol. The first kappa shape index (κ1) is 23.2. The number of nitrogens with zero attached hydrogens (tertiary/aromatic N) is 6. The summed E-state index contributed by atoms with van der Waals surface area (Å²) in [6.45, 7) is 8.86. The van der Waals surface area contributed by atoms with E-state index in [9.17, 15) is 8.42 Å². The third-order valence-electron chi connectivity index (χ3n) is 5.23. The molecule has 0 unspecified atom stereocenters. The van der Waals surface area contributed by atoms with Crippen molar-refractivity contribution in [1.29, 1.82) is 0 Å². The van der Waals surface area contributed by atoms with Crippen molar-refractivity contribution in [3.05, 3.63) is 73.2 Å². The minimum atomic E-state index is -3.57. The SMILES string of the molecule is C=CCn1c(SCc2cn3ccccc3n2)nnc1-c1cccc(S(=O)(=O)N(CC)CC)c1. The summed E-state index contributed by atoms with van der Waals surface area (Å²) in [5.41, 5.74) is 2.53. The zero-order chi connectivity index (χ0) is 23.4. The molecule has 33 heavy (non-hydrogen) atoms. The Morgan fingerprint density at radius 2 is 1.94 bits per heavy atom. The fraction of sp³-hybridized carbons (Fsp3) is 0.261. The van der Waals surface area contributed by atoms with Crippen LogP contribution in [-0.2, 0) is 22.3 Å². The second-order valence-corrected chi connectivity index (χ2v) is 10.2. The van der Waals surface area contributed by atoms with Crippen LogP contribution in [0.3, 0.4) is 0 Å². The topological polar surface area (TPSA) is 85.4 Å². The number of rotatable bonds is 10. The molecule has 0 fully saturated rings. The minimum absolute atomic E-state index is 0.246. The Labute approximate surface area is 198 Å². The zero-order valence-electron chi connectivity index (χ0n) is 18.6. The molecule has 0 aliphatic rings. The number of hydrogen-bond donors (Lipinski definition) is 0. The highest BCUT2D eigenvalue weighted by molar-refractivity contribution is 7.98. The van der Waals surface area contributed by atoms with Gasteiger partial charge >= 0.3 is 0 Å². The maximum Gasteiger partial charge on any atom is 0.243 e. The van der Waals surface area contributed by atoms with Crippen molar-refractivity contribution in [2.75, 3.05) is 13.1 Å². The van der Waals surface area contributed by atoms with Crippen molar-refractivity contribution in [3.8, 4) is 11.4 Å². The highest BCUT2D eigenvalue weighted by Crippen LogP contribution is 2.28. The van der Waals surface area contributed by atoms with Crippen LogP contribution in [0.1, 0.15) is 19.5 Å². The Morgan fingerprint density at radius 3 is 2.67 bits per heavy atom. The Bertz CT molecular complexity index is 1340. The molecule has 1 aromatic carbocycles. The number of hydrogen-bond acceptors (Lipinski definition) is 6. The molecule has 3 heterocycles. The summed E-state index contributed by atoms with van der Waals surface area (Å²) in [4.78, 5) is 4.88. The monoisotopic (exact) mass is 482 g/mol. The Balaban J connectivity index is 1.63. The van der Waals surface area contributed by atoms with Gasteiger partial charge in [-0.15, -0.1) is 16.8 Å². The van der Waals surface area contributed by atoms with E-state index in [0.29, 0.717) is 36.8 Å². The van der Waals surface area contributed by atoms with Gasteiger partial charge in [0.2, 0.25) is 10.0 Å². The number of pyridine rings is 1. The van der Waals surface area contributed by atoms with E-state index in [4.69, 9.17) is 0 Å². The molecule has 4 aromatic rings. The fourth-order valence-electron chi connectivity index (χ4n) is 3.61. The highest BCUT2D eigenvalue weighted by Gasteiger charge is 2.23. The number of allylic oxidation sites excluding steroid dienone is 1. The van der Waals surface area contributed by atoms with Crippen LogP contribution in [0.2, 0.25) is 0 Å². The van der Waals surface area contributed by atoms with E-state index in [1.54, 1.807) is 24.3 Å². The van der Waals surface area contributed by atoms with Crippen molar-refractivity contribution in [2.45, 2.75) is 36.2 Å². The molecule has 0 radical (unpaired) electrons. The molecule has 3 aromatic heterocycles. The lowest BCUT2D eigenvalue weighted by Gasteiger charge is -2.18. The number of aromatic nitrogens is 5. The van der Waals surface area contributed by atoms with E-state index in [0.717, 1.165) is 16.5 Å². The molecule has 172 valence electrons. The summed E-state index contributed by atoms with van der Waals surface area (Å²) in [6.07, 6.45) is 5.74. The normalized spacial score (nSPS) is 12.0. The Kier molecular flexibility index (Phi) is 6.96. The van der Waals surface area contributed by atoms with Crippen molar-refractivity contribution in [1.82, 2.24) is 28.5 Å². The predicted octanol–water partition coefficient (Wildman–Crippen LogP) is 4.10. The minimum Gasteiger partial charge on any atom is -0.307 e. The number of thioether (sulfide) groups is 1. The van der Waals surface area contributed by atoms with Gasteiger partial charge in [0.15, 0.2) is 11.0 Å². The molecule has 8 nitrogen and oxygen atoms in total. The summed E-state index contributed by atoms with van der Waals surface area (Å²) >= 11 is 1.53. The lowest BCUT2D eigenvalue weighted by atomic mass is 10.2. The van der Waals surface area contributed by atoms with Crippen molar-refractivity contribution in [3.63, 3.8) is 0 Å². The van der Waals surface area contributed by atoms with Crippen molar-refractivity contribution >= 4 is 27.4 Å². The predicted molar refractivity (Wildman–Crippen MR) is 131 cm³/mol. The van der Waals surface area contributed by atoms with Crippen LogP contribution in [0.15, 0.2) is 77.6 Å². The number of benzene rings is 1. The average molecular weight is 483 g/mol. The summed E-state index contributed by atoms with van der Waals surface area (Å²) in [7, 11) is -3.57. The Morgan fingerprint density at radius 1 is 1.12 bits per heavy atom. The van der Waals surface area contributed by atoms with Crippen molar-refractivity contribution < 1.29 is 8.42 Å². The molecule has 0 bridgehead atoms. The average Bonchev–Trinajstić information content (AvgIpc) is 3.42. The van der Waals surface area contributed by atoms with Crippen LogP contribution in [0.4, 0.5) is 0 Å². The van der Waals surface area contributed by atoms with E-state index in [2.05, 4.69) is 21.8 Å². The first-order valence-electron chi connectivity index (χ1n) is 10.7. The van der Waals surface area contributed by atoms with E-state index in [1.165, 1.54) is 16.1 Å². The van der Waals surface area contributed by atoms with Gasteiger partial charge in [-0.25, -0.2) is 13.4 Å². The molecule has 0 saturated carbocycles. The molecular formula is C23H26N6O2S2. The molecule has 0 aliphatic carbocycles. The molecule has 0 amide bonds. The largest absolute Gasteiger partial charge is 0.307 e. The summed E-state index contributed by atoms with van der Waals surface area (Å²) in [5.74, 6) is 1.23. The van der Waals surface area contributed by atoms with Gasteiger partial charge in [0, 0.05) is 43.3 Å². The van der Waals surface area contributed by atoms with E-state index < -0.39 is 10.0 Å². The molecule has 0 aliphatic heterocycles. The van der Waals surface area contributed by atoms with Gasteiger partial charge in [-0.2, -0.15) is 4.31 Å². The van der Waals surface area contributed by atoms with Crippen molar-refractivity contribution in [2.24, 2.45) is 0 Å². The van der Waals surface area contributed by atoms with Gasteiger partial charge in [0.25, 0.3) is 0 Å². The summed E-state index contributed by atoms with van der Waals surface area (Å²) in [5, 5.41) is 9.47. The van der Waals surface area contributed by atoms with Crippen LogP contribution < -0.4 is 0 Å². The van der Waals surface area contributed by atoms with Crippen LogP contribution in [0, 0.1) is 0 Å². The first-order valence-corrected chi connectivity index (χ1v) is 13.1. The van der Waals surface area contributed by atoms with Gasteiger partial charge in [-0.05, 0) is 24.3 Å². The molecule has 0 N–H and O–H groups in total. The third-order valence-corrected chi connectivity index (χ3v) is 8.27. The number of fused-ring (bicyclic) bond motifs is 1. The van der Waals surface area contributed by atoms with Gasteiger partial charge < -0.3 is 4.40 Å². The first-order chi connectivity index (χ1) is 16.0. The van der Waals surface area contributed by atoms with Crippen LogP contribution in [-0.4, -0.2) is 50.0 Å². The Hall–Kier alpha value is -2.95. The summed E-state index contributed by atoms with van der Waals surface area (Å²) in [6, 6.07) is 12.8. The van der Waals surface area contributed by atoms with E-state index >= 15 is 0 Å². The number of sulfonamides is 1. The van der Waals surface area contributed by atoms with E-state index in [-0.39, 0.29) is 4.90 Å². The van der Waals surface area contributed by atoms with Gasteiger partial charge in [0.05, 0.1) is 10.6 Å². The van der Waals surface area contributed by atoms with Gasteiger partial charge in [-0.3, -0.25) is 4.57 Å². The quantitative estimate of drug-likeness (QED) is 0.250. The standard InChI is InChI=1S/C23H26N6O2S2/c1-4-13-29-22(18-10-9-11-20(15-18)33(30,31)28(5-2)6-3)25-26-23(29)32-17-19-16-27-14-8-7-12-21(27)24-19/h4,7-12,14-16H,1,5-6,13,17H2,2-3H3. The molecule has 4 rings (SSSR count). The van der Waals surface area contributed by atoms with Gasteiger partial charge in [0.1, 0.15) is 5.65 Å². The maximum absolute atomic E-state index is 13.0. The molecule has 10 heteroatoms. The molecule has 0 atom stereocenters. The summed E-state index contributed by atoms with van der Waals surface area (Å²) < 4.78 is 31.3. The number of imidazole rings is 1. The fourth-order valence-corrected chi connectivity index (χ4v) is 5.94. The van der Waals surface area contributed by atoms with Gasteiger partial charge in [-0.1, -0.05) is 49.9 Å². The van der Waals surface area contributed by atoms with Crippen LogP contribution >= 0.6 is 11.8 Å². The molecule has 0 saturated heterocycles. The van der Waals surface area contributed by atoms with E-state index in [1.807, 2.05) is 59.5 Å². The van der Waals surface area contributed by atoms with Crippen LogP contribution in [0.25, 0.3) is 17.0 Å². The maximum atomic E-state index is 13.0.